The van der Waals surface area contributed by atoms with Gasteiger partial charge < -0.3 is 0 Å². The van der Waals surface area contributed by atoms with E-state index in [0.717, 1.165) is 11.1 Å². The molecule has 1 rings (SSSR count). The summed E-state index contributed by atoms with van der Waals surface area (Å²) >= 11 is 0. The predicted molar refractivity (Wildman–Crippen MR) is 43.5 cm³/mol. The standard InChI is InChI=1S/C10H9/c1-3-4-10-7-5-9(2)6-8-10/h5-8H,2H2,1H3. The van der Waals surface area contributed by atoms with Crippen molar-refractivity contribution >= 4 is 0 Å². The van der Waals surface area contributed by atoms with Crippen molar-refractivity contribution < 1.29 is 0 Å². The van der Waals surface area contributed by atoms with E-state index in [0.29, 0.717) is 0 Å². The van der Waals surface area contributed by atoms with E-state index in [9.17, 15) is 0 Å². The van der Waals surface area contributed by atoms with Gasteiger partial charge in [-0.05, 0) is 31.5 Å². The lowest BCUT2D eigenvalue weighted by Gasteiger charge is -1.89. The highest BCUT2D eigenvalue weighted by atomic mass is 13.9. The molecule has 1 aromatic rings. The van der Waals surface area contributed by atoms with E-state index in [1.54, 1.807) is 0 Å². The molecule has 0 amide bonds. The van der Waals surface area contributed by atoms with Crippen LogP contribution in [0.5, 0.6) is 0 Å². The van der Waals surface area contributed by atoms with Crippen LogP contribution in [0.15, 0.2) is 24.3 Å². The lowest BCUT2D eigenvalue weighted by atomic mass is 10.2. The van der Waals surface area contributed by atoms with Crippen molar-refractivity contribution in [2.75, 3.05) is 0 Å². The van der Waals surface area contributed by atoms with Crippen LogP contribution in [-0.4, -0.2) is 0 Å². The second-order valence-electron chi connectivity index (χ2n) is 2.07. The molecule has 0 aromatic heterocycles. The van der Waals surface area contributed by atoms with Gasteiger partial charge in [-0.1, -0.05) is 18.1 Å². The molecule has 0 N–H and O–H groups in total. The van der Waals surface area contributed by atoms with Crippen LogP contribution in [0.2, 0.25) is 0 Å². The SMILES string of the molecule is [CH2]c1ccc(C#CC)cc1. The van der Waals surface area contributed by atoms with E-state index in [-0.39, 0.29) is 0 Å². The zero-order valence-corrected chi connectivity index (χ0v) is 6.02. The average Bonchev–Trinajstić information content (AvgIpc) is 1.95. The van der Waals surface area contributed by atoms with Gasteiger partial charge in [0, 0.05) is 5.56 Å². The Balaban J connectivity index is 2.97. The van der Waals surface area contributed by atoms with Crippen LogP contribution in [0, 0.1) is 18.8 Å². The van der Waals surface area contributed by atoms with E-state index in [1.807, 2.05) is 31.2 Å². The van der Waals surface area contributed by atoms with Gasteiger partial charge in [-0.25, -0.2) is 0 Å². The molecule has 0 heterocycles. The van der Waals surface area contributed by atoms with Crippen LogP contribution in [-0.2, 0) is 0 Å². The third kappa shape index (κ3) is 1.63. The van der Waals surface area contributed by atoms with Gasteiger partial charge in [0.15, 0.2) is 0 Å². The molecule has 0 heteroatoms. The highest BCUT2D eigenvalue weighted by Gasteiger charge is 1.83. The number of rotatable bonds is 0. The molecule has 0 atom stereocenters. The first kappa shape index (κ1) is 6.89. The molecule has 0 aliphatic carbocycles. The molecule has 0 nitrogen and oxygen atoms in total. The van der Waals surface area contributed by atoms with Crippen LogP contribution in [0.1, 0.15) is 18.1 Å². The van der Waals surface area contributed by atoms with E-state index < -0.39 is 0 Å². The molecule has 0 aliphatic rings. The summed E-state index contributed by atoms with van der Waals surface area (Å²) in [5.41, 5.74) is 2.08. The summed E-state index contributed by atoms with van der Waals surface area (Å²) in [6, 6.07) is 7.86. The fraction of sp³-hybridized carbons (Fsp3) is 0.100. The highest BCUT2D eigenvalue weighted by Crippen LogP contribution is 2.00. The summed E-state index contributed by atoms with van der Waals surface area (Å²) in [7, 11) is 0. The molecule has 0 spiro atoms. The number of hydrogen-bond donors (Lipinski definition) is 0. The van der Waals surface area contributed by atoms with E-state index in [1.165, 1.54) is 0 Å². The van der Waals surface area contributed by atoms with E-state index in [2.05, 4.69) is 18.8 Å². The fourth-order valence-electron chi connectivity index (χ4n) is 0.732. The fourth-order valence-corrected chi connectivity index (χ4v) is 0.732. The minimum absolute atomic E-state index is 1.03. The van der Waals surface area contributed by atoms with Crippen molar-refractivity contribution in [1.82, 2.24) is 0 Å². The largest absolute Gasteiger partial charge is 0.101 e. The Morgan fingerprint density at radius 2 is 1.80 bits per heavy atom. The normalized spacial score (nSPS) is 8.20. The van der Waals surface area contributed by atoms with E-state index >= 15 is 0 Å². The maximum absolute atomic E-state index is 3.77. The summed E-state index contributed by atoms with van der Waals surface area (Å²) in [4.78, 5) is 0. The lowest BCUT2D eigenvalue weighted by molar-refractivity contribution is 1.57. The smallest absolute Gasteiger partial charge is 0.0245 e. The summed E-state index contributed by atoms with van der Waals surface area (Å²) in [6.45, 7) is 5.61. The quantitative estimate of drug-likeness (QED) is 0.471. The molecule has 0 bridgehead atoms. The molecule has 10 heavy (non-hydrogen) atoms. The molecule has 0 aliphatic heterocycles. The molecular formula is C10H9. The van der Waals surface area contributed by atoms with Gasteiger partial charge in [-0.15, -0.1) is 5.92 Å². The molecule has 0 unspecified atom stereocenters. The second kappa shape index (κ2) is 3.08. The molecule has 49 valence electrons. The zero-order chi connectivity index (χ0) is 7.40. The predicted octanol–water partition coefficient (Wildman–Crippen LogP) is 2.24. The Bertz CT molecular complexity index is 256. The molecule has 0 fully saturated rings. The van der Waals surface area contributed by atoms with Gasteiger partial charge in [0.25, 0.3) is 0 Å². The number of benzene rings is 1. The van der Waals surface area contributed by atoms with Gasteiger partial charge in [0.1, 0.15) is 0 Å². The summed E-state index contributed by atoms with van der Waals surface area (Å²) in [5.74, 6) is 5.79. The van der Waals surface area contributed by atoms with Crippen molar-refractivity contribution in [3.8, 4) is 11.8 Å². The van der Waals surface area contributed by atoms with E-state index in [4.69, 9.17) is 0 Å². The molecule has 0 saturated heterocycles. The topological polar surface area (TPSA) is 0 Å². The monoisotopic (exact) mass is 129 g/mol. The summed E-state index contributed by atoms with van der Waals surface area (Å²) in [6.07, 6.45) is 0. The van der Waals surface area contributed by atoms with Crippen molar-refractivity contribution in [3.63, 3.8) is 0 Å². The number of hydrogen-bond acceptors (Lipinski definition) is 0. The van der Waals surface area contributed by atoms with Crippen LogP contribution in [0.25, 0.3) is 0 Å². The Kier molecular flexibility index (Phi) is 2.12. The summed E-state index contributed by atoms with van der Waals surface area (Å²) < 4.78 is 0. The van der Waals surface area contributed by atoms with Gasteiger partial charge in [0.05, 0.1) is 0 Å². The van der Waals surface area contributed by atoms with Crippen LogP contribution in [0.4, 0.5) is 0 Å². The van der Waals surface area contributed by atoms with Crippen LogP contribution >= 0.6 is 0 Å². The first-order valence-electron chi connectivity index (χ1n) is 3.17. The summed E-state index contributed by atoms with van der Waals surface area (Å²) in [5, 5.41) is 0. The van der Waals surface area contributed by atoms with Crippen molar-refractivity contribution in [2.24, 2.45) is 0 Å². The third-order valence-electron chi connectivity index (χ3n) is 1.22. The third-order valence-corrected chi connectivity index (χ3v) is 1.22. The van der Waals surface area contributed by atoms with Gasteiger partial charge >= 0.3 is 0 Å². The minimum Gasteiger partial charge on any atom is -0.101 e. The second-order valence-corrected chi connectivity index (χ2v) is 2.07. The lowest BCUT2D eigenvalue weighted by Crippen LogP contribution is -1.73. The Morgan fingerprint density at radius 1 is 1.20 bits per heavy atom. The average molecular weight is 129 g/mol. The Hall–Kier alpha value is -1.22. The van der Waals surface area contributed by atoms with Crippen molar-refractivity contribution in [3.05, 3.63) is 42.3 Å². The van der Waals surface area contributed by atoms with Crippen LogP contribution < -0.4 is 0 Å². The molecule has 0 saturated carbocycles. The maximum Gasteiger partial charge on any atom is 0.0245 e. The Morgan fingerprint density at radius 3 is 2.30 bits per heavy atom. The highest BCUT2D eigenvalue weighted by molar-refractivity contribution is 5.36. The van der Waals surface area contributed by atoms with Gasteiger partial charge in [-0.3, -0.25) is 0 Å². The van der Waals surface area contributed by atoms with Gasteiger partial charge in [-0.2, -0.15) is 0 Å². The molecule has 1 radical (unpaired) electrons. The van der Waals surface area contributed by atoms with Crippen molar-refractivity contribution in [2.45, 2.75) is 6.92 Å². The van der Waals surface area contributed by atoms with Crippen LogP contribution in [0.3, 0.4) is 0 Å². The minimum atomic E-state index is 1.03. The van der Waals surface area contributed by atoms with Crippen molar-refractivity contribution in [1.29, 1.82) is 0 Å². The Labute approximate surface area is 61.9 Å². The molecular weight excluding hydrogens is 120 g/mol. The first-order chi connectivity index (χ1) is 4.83. The first-order valence-corrected chi connectivity index (χ1v) is 3.17. The zero-order valence-electron chi connectivity index (χ0n) is 6.02. The maximum atomic E-state index is 3.77. The molecule has 1 aromatic carbocycles. The van der Waals surface area contributed by atoms with Gasteiger partial charge in [0.2, 0.25) is 0 Å².